The largest absolute Gasteiger partial charge is 0.366 e. The zero-order valence-corrected chi connectivity index (χ0v) is 13.3. The van der Waals surface area contributed by atoms with Crippen LogP contribution in [0.5, 0.6) is 0 Å². The Morgan fingerprint density at radius 1 is 1.30 bits per heavy atom. The van der Waals surface area contributed by atoms with E-state index in [1.165, 1.54) is 5.56 Å². The molecule has 0 unspecified atom stereocenters. The van der Waals surface area contributed by atoms with E-state index in [0.29, 0.717) is 11.5 Å². The topological polar surface area (TPSA) is 70.9 Å². The number of carbonyl (C=O) groups is 1. The van der Waals surface area contributed by atoms with Crippen LogP contribution in [0.25, 0.3) is 10.9 Å². The normalized spacial score (nSPS) is 16.1. The Bertz CT molecular complexity index is 635. The number of hydrogen-bond acceptors (Lipinski definition) is 2. The molecule has 6 heteroatoms. The van der Waals surface area contributed by atoms with Gasteiger partial charge in [-0.05, 0) is 49.5 Å². The Balaban J connectivity index is 0.00000147. The van der Waals surface area contributed by atoms with Gasteiger partial charge >= 0.3 is 0 Å². The molecule has 0 spiro atoms. The number of benzene rings is 1. The van der Waals surface area contributed by atoms with E-state index in [0.717, 1.165) is 41.3 Å². The highest BCUT2D eigenvalue weighted by Gasteiger charge is 2.20. The van der Waals surface area contributed by atoms with Crippen LogP contribution in [0.2, 0.25) is 0 Å². The van der Waals surface area contributed by atoms with Gasteiger partial charge in [-0.1, -0.05) is 15.9 Å². The lowest BCUT2D eigenvalue weighted by atomic mass is 9.89. The zero-order valence-electron chi connectivity index (χ0n) is 10.9. The minimum absolute atomic E-state index is 0. The Morgan fingerprint density at radius 3 is 2.65 bits per heavy atom. The number of rotatable bonds is 2. The molecule has 2 aromatic rings. The number of nitrogens with one attached hydrogen (secondary N) is 2. The van der Waals surface area contributed by atoms with Crippen molar-refractivity contribution in [3.05, 3.63) is 33.9 Å². The predicted octanol–water partition coefficient (Wildman–Crippen LogP) is 2.92. The van der Waals surface area contributed by atoms with Gasteiger partial charge in [0, 0.05) is 16.1 Å². The van der Waals surface area contributed by atoms with Crippen molar-refractivity contribution < 1.29 is 4.79 Å². The SMILES string of the molecule is Cl.NC(=O)c1cc(Br)cc2c(C3CCNCC3)c[nH]c12. The number of nitrogens with two attached hydrogens (primary N) is 1. The van der Waals surface area contributed by atoms with Crippen molar-refractivity contribution in [3.8, 4) is 0 Å². The third-order valence-corrected chi connectivity index (χ3v) is 4.29. The van der Waals surface area contributed by atoms with Crippen LogP contribution < -0.4 is 11.1 Å². The van der Waals surface area contributed by atoms with E-state index >= 15 is 0 Å². The molecule has 3 rings (SSSR count). The predicted molar refractivity (Wildman–Crippen MR) is 86.6 cm³/mol. The van der Waals surface area contributed by atoms with Crippen LogP contribution in [-0.4, -0.2) is 24.0 Å². The molecule has 1 saturated heterocycles. The van der Waals surface area contributed by atoms with Gasteiger partial charge in [0.15, 0.2) is 0 Å². The standard InChI is InChI=1S/C14H16BrN3O.ClH/c15-9-5-10-12(8-1-3-17-4-2-8)7-18-13(10)11(6-9)14(16)19;/h5-8,17-18H,1-4H2,(H2,16,19);1H. The van der Waals surface area contributed by atoms with Gasteiger partial charge < -0.3 is 16.0 Å². The van der Waals surface area contributed by atoms with Crippen LogP contribution in [0.1, 0.15) is 34.7 Å². The molecule has 4 nitrogen and oxygen atoms in total. The molecule has 1 fully saturated rings. The molecule has 20 heavy (non-hydrogen) atoms. The highest BCUT2D eigenvalue weighted by molar-refractivity contribution is 9.10. The maximum Gasteiger partial charge on any atom is 0.250 e. The zero-order chi connectivity index (χ0) is 13.4. The van der Waals surface area contributed by atoms with E-state index in [1.807, 2.05) is 6.20 Å². The Hall–Kier alpha value is -1.04. The van der Waals surface area contributed by atoms with Crippen molar-refractivity contribution in [2.75, 3.05) is 13.1 Å². The first-order valence-corrected chi connectivity index (χ1v) is 7.27. The van der Waals surface area contributed by atoms with Gasteiger partial charge in [-0.3, -0.25) is 4.79 Å². The summed E-state index contributed by atoms with van der Waals surface area (Å²) in [5.74, 6) is 0.148. The van der Waals surface area contributed by atoms with Crippen LogP contribution in [0, 0.1) is 0 Å². The number of hydrogen-bond donors (Lipinski definition) is 3. The fourth-order valence-electron chi connectivity index (χ4n) is 2.88. The lowest BCUT2D eigenvalue weighted by Gasteiger charge is -2.22. The first-order valence-electron chi connectivity index (χ1n) is 6.48. The molecule has 108 valence electrons. The number of H-pyrrole nitrogens is 1. The molecule has 1 aromatic carbocycles. The first kappa shape index (κ1) is 15.4. The second kappa shape index (κ2) is 6.16. The smallest absolute Gasteiger partial charge is 0.250 e. The lowest BCUT2D eigenvalue weighted by Crippen LogP contribution is -2.26. The third kappa shape index (κ3) is 2.71. The second-order valence-corrected chi connectivity index (χ2v) is 5.92. The fourth-order valence-corrected chi connectivity index (χ4v) is 3.34. The number of amides is 1. The van der Waals surface area contributed by atoms with Gasteiger partial charge in [-0.15, -0.1) is 12.4 Å². The molecule has 0 saturated carbocycles. The molecule has 0 radical (unpaired) electrons. The van der Waals surface area contributed by atoms with Gasteiger partial charge in [0.1, 0.15) is 0 Å². The minimum Gasteiger partial charge on any atom is -0.366 e. The van der Waals surface area contributed by atoms with Crippen LogP contribution in [0.3, 0.4) is 0 Å². The number of aromatic amines is 1. The van der Waals surface area contributed by atoms with Gasteiger partial charge in [-0.2, -0.15) is 0 Å². The third-order valence-electron chi connectivity index (χ3n) is 3.83. The van der Waals surface area contributed by atoms with E-state index in [1.54, 1.807) is 6.07 Å². The number of carbonyl (C=O) groups excluding carboxylic acids is 1. The van der Waals surface area contributed by atoms with Crippen LogP contribution in [-0.2, 0) is 0 Å². The quantitative estimate of drug-likeness (QED) is 0.772. The second-order valence-electron chi connectivity index (χ2n) is 5.01. The number of halogens is 2. The number of fused-ring (bicyclic) bond motifs is 1. The van der Waals surface area contributed by atoms with E-state index < -0.39 is 5.91 Å². The van der Waals surface area contributed by atoms with Gasteiger partial charge in [0.05, 0.1) is 11.1 Å². The maximum absolute atomic E-state index is 11.5. The average Bonchev–Trinajstić information content (AvgIpc) is 2.82. The summed E-state index contributed by atoms with van der Waals surface area (Å²) in [4.78, 5) is 14.7. The first-order chi connectivity index (χ1) is 9.16. The van der Waals surface area contributed by atoms with Crippen molar-refractivity contribution in [1.29, 1.82) is 0 Å². The molecule has 4 N–H and O–H groups in total. The molecular formula is C14H17BrClN3O. The minimum atomic E-state index is -0.398. The monoisotopic (exact) mass is 357 g/mol. The molecule has 1 amide bonds. The summed E-state index contributed by atoms with van der Waals surface area (Å²) in [6.07, 6.45) is 4.29. The molecule has 0 atom stereocenters. The van der Waals surface area contributed by atoms with Crippen molar-refractivity contribution in [3.63, 3.8) is 0 Å². The van der Waals surface area contributed by atoms with E-state index in [4.69, 9.17) is 5.73 Å². The number of primary amides is 1. The molecule has 1 aromatic heterocycles. The van der Waals surface area contributed by atoms with Crippen LogP contribution in [0.15, 0.2) is 22.8 Å². The summed E-state index contributed by atoms with van der Waals surface area (Å²) < 4.78 is 0.892. The fraction of sp³-hybridized carbons (Fsp3) is 0.357. The van der Waals surface area contributed by atoms with Crippen LogP contribution >= 0.6 is 28.3 Å². The van der Waals surface area contributed by atoms with Gasteiger partial charge in [0.25, 0.3) is 5.91 Å². The van der Waals surface area contributed by atoms with Crippen molar-refractivity contribution in [2.24, 2.45) is 5.73 Å². The molecule has 2 heterocycles. The summed E-state index contributed by atoms with van der Waals surface area (Å²) in [6, 6.07) is 3.84. The van der Waals surface area contributed by atoms with Crippen molar-refractivity contribution in [1.82, 2.24) is 10.3 Å². The van der Waals surface area contributed by atoms with Gasteiger partial charge in [-0.25, -0.2) is 0 Å². The molecule has 0 bridgehead atoms. The Kier molecular flexibility index (Phi) is 4.73. The summed E-state index contributed by atoms with van der Waals surface area (Å²) >= 11 is 3.46. The molecular weight excluding hydrogens is 342 g/mol. The molecule has 1 aliphatic heterocycles. The summed E-state index contributed by atoms with van der Waals surface area (Å²) in [6.45, 7) is 2.10. The Morgan fingerprint density at radius 2 is 2.00 bits per heavy atom. The maximum atomic E-state index is 11.5. The lowest BCUT2D eigenvalue weighted by molar-refractivity contribution is 0.100. The molecule has 0 aliphatic carbocycles. The van der Waals surface area contributed by atoms with Crippen molar-refractivity contribution >= 4 is 45.1 Å². The average molecular weight is 359 g/mol. The van der Waals surface area contributed by atoms with Crippen LogP contribution in [0.4, 0.5) is 0 Å². The summed E-state index contributed by atoms with van der Waals surface area (Å²) in [7, 11) is 0. The van der Waals surface area contributed by atoms with E-state index in [9.17, 15) is 4.79 Å². The van der Waals surface area contributed by atoms with Gasteiger partial charge in [0.2, 0.25) is 0 Å². The highest BCUT2D eigenvalue weighted by Crippen LogP contribution is 2.34. The summed E-state index contributed by atoms with van der Waals surface area (Å²) in [5.41, 5.74) is 8.14. The number of aromatic nitrogens is 1. The van der Waals surface area contributed by atoms with Crippen molar-refractivity contribution in [2.45, 2.75) is 18.8 Å². The highest BCUT2D eigenvalue weighted by atomic mass is 79.9. The van der Waals surface area contributed by atoms with E-state index in [2.05, 4.69) is 32.3 Å². The van der Waals surface area contributed by atoms with E-state index in [-0.39, 0.29) is 12.4 Å². The number of piperidine rings is 1. The molecule has 1 aliphatic rings. The Labute approximate surface area is 132 Å². The summed E-state index contributed by atoms with van der Waals surface area (Å²) in [5, 5.41) is 4.48.